The lowest BCUT2D eigenvalue weighted by Crippen LogP contribution is -2.37. The second-order valence-electron chi connectivity index (χ2n) is 6.35. The molecule has 1 N–H and O–H groups in total. The van der Waals surface area contributed by atoms with E-state index in [-0.39, 0.29) is 12.0 Å². The molecule has 0 aliphatic carbocycles. The van der Waals surface area contributed by atoms with Crippen LogP contribution in [-0.4, -0.2) is 53.3 Å². The first kappa shape index (κ1) is 18.1. The smallest absolute Gasteiger partial charge is 0.274 e. The molecule has 1 aliphatic rings. The molecule has 8 nitrogen and oxygen atoms in total. The van der Waals surface area contributed by atoms with Gasteiger partial charge in [-0.05, 0) is 32.4 Å². The summed E-state index contributed by atoms with van der Waals surface area (Å²) in [6.45, 7) is 8.51. The maximum absolute atomic E-state index is 12.7. The van der Waals surface area contributed by atoms with Crippen molar-refractivity contribution in [3.8, 4) is 5.88 Å². The van der Waals surface area contributed by atoms with Gasteiger partial charge in [0.1, 0.15) is 23.5 Å². The van der Waals surface area contributed by atoms with Crippen molar-refractivity contribution in [2.75, 3.05) is 36.5 Å². The molecule has 0 saturated carbocycles. The number of pyridine rings is 1. The third-order valence-electron chi connectivity index (χ3n) is 3.80. The first-order chi connectivity index (χ1) is 12.5. The number of hydrogen-bond donors (Lipinski definition) is 1. The number of nitrogens with one attached hydrogen (secondary N) is 1. The molecule has 138 valence electrons. The Labute approximate surface area is 152 Å². The first-order valence-electron chi connectivity index (χ1n) is 8.62. The van der Waals surface area contributed by atoms with Gasteiger partial charge in [0.2, 0.25) is 5.88 Å². The largest absolute Gasteiger partial charge is 0.473 e. The lowest BCUT2D eigenvalue weighted by atomic mass is 10.2. The van der Waals surface area contributed by atoms with Crippen LogP contribution in [0.15, 0.2) is 24.7 Å². The molecule has 0 radical (unpaired) electrons. The molecule has 0 aromatic carbocycles. The molecule has 1 saturated heterocycles. The van der Waals surface area contributed by atoms with Gasteiger partial charge in [-0.15, -0.1) is 0 Å². The zero-order valence-electron chi connectivity index (χ0n) is 15.2. The quantitative estimate of drug-likeness (QED) is 0.876. The Morgan fingerprint density at radius 3 is 2.73 bits per heavy atom. The molecule has 0 unspecified atom stereocenters. The summed E-state index contributed by atoms with van der Waals surface area (Å²) in [5.41, 5.74) is 1.74. The van der Waals surface area contributed by atoms with E-state index in [1.165, 1.54) is 6.33 Å². The number of aromatic nitrogens is 3. The van der Waals surface area contributed by atoms with Gasteiger partial charge < -0.3 is 19.7 Å². The van der Waals surface area contributed by atoms with E-state index in [1.54, 1.807) is 12.3 Å². The molecule has 3 rings (SSSR count). The minimum absolute atomic E-state index is 0.0483. The van der Waals surface area contributed by atoms with E-state index in [1.807, 2.05) is 26.8 Å². The molecule has 0 spiro atoms. The van der Waals surface area contributed by atoms with Gasteiger partial charge in [0, 0.05) is 25.4 Å². The molecular formula is C18H23N5O3. The van der Waals surface area contributed by atoms with Crippen molar-refractivity contribution in [3.05, 3.63) is 35.9 Å². The second-order valence-corrected chi connectivity index (χ2v) is 6.35. The Balaban J connectivity index is 1.79. The maximum atomic E-state index is 12.7. The topological polar surface area (TPSA) is 89.5 Å². The van der Waals surface area contributed by atoms with Crippen molar-refractivity contribution in [2.24, 2.45) is 0 Å². The second kappa shape index (κ2) is 8.09. The van der Waals surface area contributed by atoms with Gasteiger partial charge >= 0.3 is 0 Å². The van der Waals surface area contributed by atoms with Crippen molar-refractivity contribution < 1.29 is 14.3 Å². The molecule has 1 aliphatic heterocycles. The molecule has 3 heterocycles. The SMILES string of the molecule is Cc1cnc(OC(C)C)c(NC(=O)c2cc(N3CCOCC3)ncn2)c1. The van der Waals surface area contributed by atoms with Crippen LogP contribution in [0.3, 0.4) is 0 Å². The van der Waals surface area contributed by atoms with Crippen molar-refractivity contribution >= 4 is 17.4 Å². The van der Waals surface area contributed by atoms with Gasteiger partial charge in [0.05, 0.1) is 19.3 Å². The molecule has 8 heteroatoms. The standard InChI is InChI=1S/C18H23N5O3/c1-12(2)26-18-15(8-13(3)10-19-18)22-17(24)14-9-16(21-11-20-14)23-4-6-25-7-5-23/h8-12H,4-7H2,1-3H3,(H,22,24). The van der Waals surface area contributed by atoms with Crippen LogP contribution in [0.4, 0.5) is 11.5 Å². The highest BCUT2D eigenvalue weighted by molar-refractivity contribution is 6.03. The first-order valence-corrected chi connectivity index (χ1v) is 8.62. The summed E-state index contributed by atoms with van der Waals surface area (Å²) in [6, 6.07) is 3.51. The predicted molar refractivity (Wildman–Crippen MR) is 97.8 cm³/mol. The van der Waals surface area contributed by atoms with Gasteiger partial charge in [0.25, 0.3) is 5.91 Å². The third kappa shape index (κ3) is 4.45. The molecule has 2 aromatic heterocycles. The van der Waals surface area contributed by atoms with E-state index in [2.05, 4.69) is 25.2 Å². The summed E-state index contributed by atoms with van der Waals surface area (Å²) in [5, 5.41) is 2.84. The van der Waals surface area contributed by atoms with E-state index in [0.717, 1.165) is 24.5 Å². The summed E-state index contributed by atoms with van der Waals surface area (Å²) >= 11 is 0. The molecule has 1 fully saturated rings. The van der Waals surface area contributed by atoms with Crippen molar-refractivity contribution in [3.63, 3.8) is 0 Å². The van der Waals surface area contributed by atoms with Gasteiger partial charge in [0.15, 0.2) is 0 Å². The Bertz CT molecular complexity index is 775. The molecule has 0 bridgehead atoms. The van der Waals surface area contributed by atoms with E-state index in [4.69, 9.17) is 9.47 Å². The fourth-order valence-electron chi connectivity index (χ4n) is 2.59. The van der Waals surface area contributed by atoms with Crippen molar-refractivity contribution in [1.82, 2.24) is 15.0 Å². The van der Waals surface area contributed by atoms with Crippen LogP contribution < -0.4 is 15.0 Å². The monoisotopic (exact) mass is 357 g/mol. The number of rotatable bonds is 5. The van der Waals surface area contributed by atoms with E-state index in [9.17, 15) is 4.79 Å². The number of ether oxygens (including phenoxy) is 2. The summed E-state index contributed by atoms with van der Waals surface area (Å²) in [5.74, 6) is 0.777. The normalized spacial score (nSPS) is 14.4. The molecule has 26 heavy (non-hydrogen) atoms. The third-order valence-corrected chi connectivity index (χ3v) is 3.80. The van der Waals surface area contributed by atoms with Gasteiger partial charge in [-0.25, -0.2) is 15.0 Å². The minimum Gasteiger partial charge on any atom is -0.473 e. The summed E-state index contributed by atoms with van der Waals surface area (Å²) < 4.78 is 11.0. The number of carbonyl (C=O) groups excluding carboxylic acids is 1. The maximum Gasteiger partial charge on any atom is 0.274 e. The lowest BCUT2D eigenvalue weighted by molar-refractivity contribution is 0.102. The zero-order chi connectivity index (χ0) is 18.5. The lowest BCUT2D eigenvalue weighted by Gasteiger charge is -2.27. The van der Waals surface area contributed by atoms with Crippen LogP contribution in [0.2, 0.25) is 0 Å². The summed E-state index contributed by atoms with van der Waals surface area (Å²) in [4.78, 5) is 27.4. The van der Waals surface area contributed by atoms with E-state index >= 15 is 0 Å². The van der Waals surface area contributed by atoms with Crippen LogP contribution in [-0.2, 0) is 4.74 Å². The molecule has 0 atom stereocenters. The van der Waals surface area contributed by atoms with Crippen LogP contribution in [0.1, 0.15) is 29.9 Å². The molecule has 1 amide bonds. The molecular weight excluding hydrogens is 334 g/mol. The Kier molecular flexibility index (Phi) is 5.62. The average Bonchev–Trinajstić information content (AvgIpc) is 2.64. The highest BCUT2D eigenvalue weighted by Gasteiger charge is 2.17. The fraction of sp³-hybridized carbons (Fsp3) is 0.444. The Morgan fingerprint density at radius 1 is 1.23 bits per heavy atom. The number of amides is 1. The Morgan fingerprint density at radius 2 is 2.00 bits per heavy atom. The average molecular weight is 357 g/mol. The highest BCUT2D eigenvalue weighted by atomic mass is 16.5. The van der Waals surface area contributed by atoms with Crippen LogP contribution in [0.25, 0.3) is 0 Å². The van der Waals surface area contributed by atoms with E-state index in [0.29, 0.717) is 30.5 Å². The zero-order valence-corrected chi connectivity index (χ0v) is 15.2. The van der Waals surface area contributed by atoms with Gasteiger partial charge in [-0.2, -0.15) is 0 Å². The predicted octanol–water partition coefficient (Wildman–Crippen LogP) is 2.06. The Hall–Kier alpha value is -2.74. The van der Waals surface area contributed by atoms with Crippen LogP contribution >= 0.6 is 0 Å². The number of nitrogens with zero attached hydrogens (tertiary/aromatic N) is 4. The van der Waals surface area contributed by atoms with Crippen LogP contribution in [0.5, 0.6) is 5.88 Å². The minimum atomic E-state index is -0.331. The molecule has 2 aromatic rings. The number of hydrogen-bond acceptors (Lipinski definition) is 7. The van der Waals surface area contributed by atoms with Gasteiger partial charge in [-0.1, -0.05) is 0 Å². The number of carbonyl (C=O) groups is 1. The van der Waals surface area contributed by atoms with Crippen LogP contribution in [0, 0.1) is 6.92 Å². The number of morpholine rings is 1. The van der Waals surface area contributed by atoms with Crippen molar-refractivity contribution in [1.29, 1.82) is 0 Å². The van der Waals surface area contributed by atoms with E-state index < -0.39 is 0 Å². The number of aryl methyl sites for hydroxylation is 1. The van der Waals surface area contributed by atoms with Crippen molar-refractivity contribution in [2.45, 2.75) is 26.9 Å². The number of anilines is 2. The summed E-state index contributed by atoms with van der Waals surface area (Å²) in [6.07, 6.45) is 3.06. The van der Waals surface area contributed by atoms with Gasteiger partial charge in [-0.3, -0.25) is 4.79 Å². The fourth-order valence-corrected chi connectivity index (χ4v) is 2.59. The highest BCUT2D eigenvalue weighted by Crippen LogP contribution is 2.24. The summed E-state index contributed by atoms with van der Waals surface area (Å²) in [7, 11) is 0.